The first kappa shape index (κ1) is 33.1. The van der Waals surface area contributed by atoms with Gasteiger partial charge in [-0.3, -0.25) is 14.5 Å². The van der Waals surface area contributed by atoms with E-state index in [9.17, 15) is 9.59 Å². The number of hydrogen-bond donors (Lipinski definition) is 2. The number of carbonyl (C=O) groups excluding carboxylic acids is 2. The summed E-state index contributed by atoms with van der Waals surface area (Å²) >= 11 is 6.23. The highest BCUT2D eigenvalue weighted by molar-refractivity contribution is 6.31. The Bertz CT molecular complexity index is 1480. The van der Waals surface area contributed by atoms with Crippen LogP contribution in [0.2, 0.25) is 5.02 Å². The minimum Gasteiger partial charge on any atom is -0.323 e. The summed E-state index contributed by atoms with van der Waals surface area (Å²) in [5.41, 5.74) is 6.08. The zero-order valence-electron chi connectivity index (χ0n) is 27.2. The van der Waals surface area contributed by atoms with Gasteiger partial charge in [0, 0.05) is 47.9 Å². The normalized spacial score (nSPS) is 18.4. The molecule has 3 aliphatic rings. The predicted molar refractivity (Wildman–Crippen MR) is 183 cm³/mol. The van der Waals surface area contributed by atoms with Crippen molar-refractivity contribution in [1.29, 1.82) is 0 Å². The number of fused-ring (bicyclic) bond motifs is 1. The smallest absolute Gasteiger partial charge is 0.255 e. The molecule has 2 N–H and O–H groups in total. The van der Waals surface area contributed by atoms with Crippen LogP contribution in [0.3, 0.4) is 0 Å². The quantitative estimate of drug-likeness (QED) is 0.230. The molecule has 0 radical (unpaired) electrons. The number of pyridine rings is 1. The van der Waals surface area contributed by atoms with E-state index in [2.05, 4.69) is 40.7 Å². The summed E-state index contributed by atoms with van der Waals surface area (Å²) in [5.74, 6) is 0.893. The van der Waals surface area contributed by atoms with Crippen molar-refractivity contribution < 1.29 is 9.59 Å². The maximum absolute atomic E-state index is 14.0. The number of hydrogen-bond acceptors (Lipinski definition) is 5. The second-order valence-electron chi connectivity index (χ2n) is 12.8. The van der Waals surface area contributed by atoms with E-state index in [1.54, 1.807) is 0 Å². The molecule has 2 aromatic carbocycles. The Labute approximate surface area is 273 Å². The molecule has 0 unspecified atom stereocenters. The van der Waals surface area contributed by atoms with Gasteiger partial charge in [0.15, 0.2) is 0 Å². The van der Waals surface area contributed by atoms with Crippen LogP contribution in [0.25, 0.3) is 0 Å². The Morgan fingerprint density at radius 2 is 1.71 bits per heavy atom. The lowest BCUT2D eigenvalue weighted by atomic mass is 9.99. The number of aromatic nitrogens is 1. The number of halogens is 1. The molecule has 6 rings (SSSR count). The molecule has 0 spiro atoms. The molecule has 1 aliphatic carbocycles. The van der Waals surface area contributed by atoms with Crippen LogP contribution < -0.4 is 10.6 Å². The van der Waals surface area contributed by atoms with Gasteiger partial charge in [-0.2, -0.15) is 0 Å². The van der Waals surface area contributed by atoms with Gasteiger partial charge < -0.3 is 15.5 Å². The van der Waals surface area contributed by atoms with E-state index < -0.39 is 6.04 Å². The minimum atomic E-state index is -0.654. The second-order valence-corrected chi connectivity index (χ2v) is 13.2. The van der Waals surface area contributed by atoms with Gasteiger partial charge in [0.05, 0.1) is 0 Å². The van der Waals surface area contributed by atoms with Crippen molar-refractivity contribution in [2.24, 2.45) is 0 Å². The Morgan fingerprint density at radius 1 is 0.978 bits per heavy atom. The highest BCUT2D eigenvalue weighted by atomic mass is 35.5. The maximum atomic E-state index is 14.0. The first-order chi connectivity index (χ1) is 21.8. The highest BCUT2D eigenvalue weighted by Crippen LogP contribution is 2.41. The maximum Gasteiger partial charge on any atom is 0.255 e. The number of likely N-dealkylation sites (tertiary alicyclic amines) is 1. The van der Waals surface area contributed by atoms with E-state index in [0.717, 1.165) is 80.0 Å². The molecule has 0 bridgehead atoms. The Kier molecular flexibility index (Phi) is 11.3. The second kappa shape index (κ2) is 15.4. The average molecular weight is 630 g/mol. The van der Waals surface area contributed by atoms with Crippen molar-refractivity contribution >= 4 is 29.2 Å². The van der Waals surface area contributed by atoms with Crippen molar-refractivity contribution in [2.75, 3.05) is 32.5 Å². The van der Waals surface area contributed by atoms with Crippen molar-refractivity contribution in [1.82, 2.24) is 20.1 Å². The summed E-state index contributed by atoms with van der Waals surface area (Å²) in [6.07, 6.45) is 8.46. The van der Waals surface area contributed by atoms with E-state index in [1.807, 2.05) is 62.3 Å². The number of nitrogens with zero attached hydrogens (tertiary/aromatic N) is 3. The number of unbranched alkanes of at least 4 members (excludes halogenated alkanes) is 2. The van der Waals surface area contributed by atoms with E-state index in [-0.39, 0.29) is 17.9 Å². The van der Waals surface area contributed by atoms with Crippen LogP contribution in [-0.4, -0.2) is 59.8 Å². The number of nitrogens with one attached hydrogen (secondary N) is 2. The van der Waals surface area contributed by atoms with Gasteiger partial charge in [0.1, 0.15) is 11.9 Å². The molecule has 3 heterocycles. The van der Waals surface area contributed by atoms with Gasteiger partial charge >= 0.3 is 0 Å². The minimum absolute atomic E-state index is 0.000726. The first-order valence-electron chi connectivity index (χ1n) is 16.6. The fraction of sp³-hybridized carbons (Fsp3) is 0.486. The van der Waals surface area contributed by atoms with Gasteiger partial charge in [-0.05, 0) is 106 Å². The number of rotatable bonds is 10. The molecule has 45 heavy (non-hydrogen) atoms. The summed E-state index contributed by atoms with van der Waals surface area (Å²) < 4.78 is 0. The standard InChI is InChI=1S/C35H41ClN4O2.C2H7N/c1-3-4-5-8-24-20-31(26-12-13-26)37-32(21-24)38-34(41)33-28-9-6-7-10-29(28)35(42)40(33)27-15-17-39(18-16-27)22-25-11-14-30(36)23(2)19-25;1-3-2/h6-7,9-11,14,19-21,26-27,33H,3-5,8,12-13,15-18,22H2,1-2H3,(H,37,38,41);3H,1-2H3/t33-;/m0./s1. The Balaban J connectivity index is 0.00000128. The fourth-order valence-electron chi connectivity index (χ4n) is 6.58. The van der Waals surface area contributed by atoms with Crippen LogP contribution in [0.4, 0.5) is 5.82 Å². The summed E-state index contributed by atoms with van der Waals surface area (Å²) in [5, 5.41) is 6.69. The van der Waals surface area contributed by atoms with Crippen molar-refractivity contribution in [3.8, 4) is 0 Å². The molecule has 1 saturated heterocycles. The SMILES string of the molecule is CCCCCc1cc(NC(=O)[C@@H]2c3ccccc3C(=O)N2C2CCN(Cc3ccc(Cl)c(C)c3)CC2)nc(C2CC2)c1.CNC. The molecule has 1 aromatic heterocycles. The third-order valence-corrected chi connectivity index (χ3v) is 9.47. The number of anilines is 1. The van der Waals surface area contributed by atoms with Crippen LogP contribution in [-0.2, 0) is 17.8 Å². The third-order valence-electron chi connectivity index (χ3n) is 9.05. The largest absolute Gasteiger partial charge is 0.323 e. The third kappa shape index (κ3) is 8.13. The number of amides is 2. The van der Waals surface area contributed by atoms with E-state index in [1.165, 1.54) is 24.0 Å². The molecule has 2 fully saturated rings. The molecule has 1 saturated carbocycles. The topological polar surface area (TPSA) is 77.6 Å². The summed E-state index contributed by atoms with van der Waals surface area (Å²) in [4.78, 5) is 36.9. The highest BCUT2D eigenvalue weighted by Gasteiger charge is 2.45. The van der Waals surface area contributed by atoms with E-state index in [4.69, 9.17) is 16.6 Å². The molecular formula is C37H48ClN5O2. The van der Waals surface area contributed by atoms with Crippen LogP contribution in [0.5, 0.6) is 0 Å². The van der Waals surface area contributed by atoms with Crippen molar-refractivity contribution in [3.63, 3.8) is 0 Å². The number of piperidine rings is 1. The first-order valence-corrected chi connectivity index (χ1v) is 17.0. The van der Waals surface area contributed by atoms with Crippen LogP contribution in [0.15, 0.2) is 54.6 Å². The van der Waals surface area contributed by atoms with Crippen LogP contribution in [0, 0.1) is 6.92 Å². The van der Waals surface area contributed by atoms with Crippen molar-refractivity contribution in [3.05, 3.63) is 93.1 Å². The van der Waals surface area contributed by atoms with Gasteiger partial charge in [-0.1, -0.05) is 61.7 Å². The molecule has 2 aliphatic heterocycles. The fourth-order valence-corrected chi connectivity index (χ4v) is 6.70. The zero-order valence-corrected chi connectivity index (χ0v) is 28.0. The summed E-state index contributed by atoms with van der Waals surface area (Å²) in [6.45, 7) is 6.84. The van der Waals surface area contributed by atoms with Gasteiger partial charge in [-0.25, -0.2) is 4.98 Å². The monoisotopic (exact) mass is 629 g/mol. The van der Waals surface area contributed by atoms with Gasteiger partial charge in [-0.15, -0.1) is 0 Å². The lowest BCUT2D eigenvalue weighted by molar-refractivity contribution is -0.121. The van der Waals surface area contributed by atoms with E-state index >= 15 is 0 Å². The lowest BCUT2D eigenvalue weighted by Crippen LogP contribution is -2.48. The summed E-state index contributed by atoms with van der Waals surface area (Å²) in [7, 11) is 3.75. The molecule has 7 nitrogen and oxygen atoms in total. The molecule has 240 valence electrons. The van der Waals surface area contributed by atoms with Gasteiger partial charge in [0.25, 0.3) is 11.8 Å². The molecule has 3 aromatic rings. The van der Waals surface area contributed by atoms with Crippen molar-refractivity contribution in [2.45, 2.75) is 89.8 Å². The predicted octanol–water partition coefficient (Wildman–Crippen LogP) is 7.29. The van der Waals surface area contributed by atoms with E-state index in [0.29, 0.717) is 17.3 Å². The lowest BCUT2D eigenvalue weighted by Gasteiger charge is -2.39. The van der Waals surface area contributed by atoms with Crippen LogP contribution >= 0.6 is 11.6 Å². The molecule has 1 atom stereocenters. The number of aryl methyl sites for hydroxylation is 2. The average Bonchev–Trinajstić information content (AvgIpc) is 3.84. The number of benzene rings is 2. The molecular weight excluding hydrogens is 582 g/mol. The van der Waals surface area contributed by atoms with Gasteiger partial charge in [0.2, 0.25) is 0 Å². The Hall–Kier alpha value is -3.26. The zero-order chi connectivity index (χ0) is 31.9. The summed E-state index contributed by atoms with van der Waals surface area (Å²) in [6, 6.07) is 17.4. The molecule has 2 amide bonds. The Morgan fingerprint density at radius 3 is 2.40 bits per heavy atom. The van der Waals surface area contributed by atoms with Crippen LogP contribution in [0.1, 0.15) is 102 Å². The molecule has 8 heteroatoms. The number of carbonyl (C=O) groups is 2.